The summed E-state index contributed by atoms with van der Waals surface area (Å²) in [4.78, 5) is 6.67. The first-order valence-electron chi connectivity index (χ1n) is 9.73. The Morgan fingerprint density at radius 2 is 2.00 bits per heavy atom. The molecule has 1 aromatic rings. The highest BCUT2D eigenvalue weighted by Crippen LogP contribution is 2.23. The van der Waals surface area contributed by atoms with Crippen molar-refractivity contribution in [2.75, 3.05) is 40.0 Å². The van der Waals surface area contributed by atoms with E-state index in [0.717, 1.165) is 45.0 Å². The van der Waals surface area contributed by atoms with Crippen LogP contribution in [0.2, 0.25) is 0 Å². The van der Waals surface area contributed by atoms with E-state index in [1.54, 1.807) is 24.3 Å². The number of ether oxygens (including phenoxy) is 2. The number of hydrogen-bond donors (Lipinski definition) is 1. The maximum absolute atomic E-state index is 12.5. The second kappa shape index (κ2) is 11.1. The molecule has 1 saturated heterocycles. The minimum absolute atomic E-state index is 0.212. The zero-order valence-electron chi connectivity index (χ0n) is 16.6. The largest absolute Gasteiger partial charge is 0.484 e. The van der Waals surface area contributed by atoms with Crippen LogP contribution in [-0.4, -0.2) is 57.0 Å². The number of rotatable bonds is 8. The van der Waals surface area contributed by atoms with Gasteiger partial charge in [0.15, 0.2) is 12.6 Å². The summed E-state index contributed by atoms with van der Waals surface area (Å²) in [5.74, 6) is 1.61. The van der Waals surface area contributed by atoms with E-state index in [4.69, 9.17) is 9.47 Å². The number of benzene rings is 1. The predicted octanol–water partition coefficient (Wildman–Crippen LogP) is 3.84. The molecule has 1 aliphatic heterocycles. The lowest BCUT2D eigenvalue weighted by atomic mass is 9.96. The molecule has 0 atom stereocenters. The third-order valence-electron chi connectivity index (χ3n) is 4.67. The van der Waals surface area contributed by atoms with Crippen LogP contribution in [0.15, 0.2) is 29.3 Å². The molecule has 1 aromatic carbocycles. The molecule has 2 rings (SSSR count). The number of aliphatic imine (C=N–C) groups is 1. The van der Waals surface area contributed by atoms with E-state index in [0.29, 0.717) is 18.0 Å². The molecule has 158 valence electrons. The van der Waals surface area contributed by atoms with Crippen molar-refractivity contribution >= 4 is 5.96 Å². The van der Waals surface area contributed by atoms with Gasteiger partial charge in [-0.05, 0) is 38.2 Å². The first kappa shape index (κ1) is 22.3. The molecule has 8 heteroatoms. The quantitative estimate of drug-likeness (QED) is 0.531. The normalized spacial score (nSPS) is 16.1. The van der Waals surface area contributed by atoms with E-state index in [1.165, 1.54) is 0 Å². The van der Waals surface area contributed by atoms with Crippen molar-refractivity contribution in [2.24, 2.45) is 10.9 Å². The van der Waals surface area contributed by atoms with Gasteiger partial charge in [0.2, 0.25) is 0 Å². The Morgan fingerprint density at radius 3 is 2.68 bits per heavy atom. The predicted molar refractivity (Wildman–Crippen MR) is 104 cm³/mol. The molecule has 5 nitrogen and oxygen atoms in total. The number of nitrogens with one attached hydrogen (secondary N) is 1. The van der Waals surface area contributed by atoms with E-state index >= 15 is 0 Å². The van der Waals surface area contributed by atoms with Crippen molar-refractivity contribution in [1.29, 1.82) is 0 Å². The first-order valence-corrected chi connectivity index (χ1v) is 9.73. The van der Waals surface area contributed by atoms with E-state index in [1.807, 2.05) is 14.0 Å². The minimum atomic E-state index is -4.37. The molecule has 28 heavy (non-hydrogen) atoms. The highest BCUT2D eigenvalue weighted by molar-refractivity contribution is 5.79. The third kappa shape index (κ3) is 7.96. The van der Waals surface area contributed by atoms with Crippen molar-refractivity contribution in [2.45, 2.75) is 38.9 Å². The molecule has 0 bridgehead atoms. The van der Waals surface area contributed by atoms with Crippen molar-refractivity contribution < 1.29 is 22.6 Å². The molecule has 0 radical (unpaired) electrons. The number of alkyl halides is 3. The number of nitrogens with zero attached hydrogens (tertiary/aromatic N) is 2. The average Bonchev–Trinajstić information content (AvgIpc) is 2.68. The molecule has 0 aliphatic carbocycles. The number of hydrogen-bond acceptors (Lipinski definition) is 3. The fraction of sp³-hybridized carbons (Fsp3) is 0.650. The Bertz CT molecular complexity index is 617. The van der Waals surface area contributed by atoms with Crippen LogP contribution in [0, 0.1) is 5.92 Å². The van der Waals surface area contributed by atoms with Crippen LogP contribution in [0.1, 0.15) is 31.7 Å². The van der Waals surface area contributed by atoms with Gasteiger partial charge in [0.1, 0.15) is 5.75 Å². The monoisotopic (exact) mass is 401 g/mol. The summed E-state index contributed by atoms with van der Waals surface area (Å²) in [5.41, 5.74) is 0.625. The first-order chi connectivity index (χ1) is 13.4. The lowest BCUT2D eigenvalue weighted by Crippen LogP contribution is -2.40. The van der Waals surface area contributed by atoms with Gasteiger partial charge in [-0.3, -0.25) is 0 Å². The average molecular weight is 401 g/mol. The smallest absolute Gasteiger partial charge is 0.422 e. The Morgan fingerprint density at radius 1 is 1.29 bits per heavy atom. The summed E-state index contributed by atoms with van der Waals surface area (Å²) in [7, 11) is 1.98. The van der Waals surface area contributed by atoms with Gasteiger partial charge in [0.25, 0.3) is 0 Å². The lowest BCUT2D eigenvalue weighted by Gasteiger charge is -2.27. The standard InChI is InChI=1S/C20H30F3N3O2/c1-3-24-19(26(2)11-8-16-9-12-27-13-10-16)25-14-17-6-4-5-7-18(17)28-15-20(21,22)23/h4-7,16H,3,8-15H2,1-2H3,(H,24,25). The van der Waals surface area contributed by atoms with Crippen LogP contribution in [0.5, 0.6) is 5.75 Å². The van der Waals surface area contributed by atoms with Crippen LogP contribution >= 0.6 is 0 Å². The van der Waals surface area contributed by atoms with Crippen molar-refractivity contribution in [1.82, 2.24) is 10.2 Å². The van der Waals surface area contributed by atoms with Crippen LogP contribution in [0.3, 0.4) is 0 Å². The molecule has 1 fully saturated rings. The highest BCUT2D eigenvalue weighted by atomic mass is 19.4. The van der Waals surface area contributed by atoms with Crippen molar-refractivity contribution in [3.8, 4) is 5.75 Å². The minimum Gasteiger partial charge on any atom is -0.484 e. The second-order valence-electron chi connectivity index (χ2n) is 6.95. The summed E-state index contributed by atoms with van der Waals surface area (Å²) in [5, 5.41) is 3.25. The Balaban J connectivity index is 1.97. The molecule has 1 heterocycles. The maximum atomic E-state index is 12.5. The summed E-state index contributed by atoms with van der Waals surface area (Å²) < 4.78 is 47.7. The Hall–Kier alpha value is -1.96. The fourth-order valence-corrected chi connectivity index (χ4v) is 3.08. The van der Waals surface area contributed by atoms with Crippen LogP contribution in [0.4, 0.5) is 13.2 Å². The number of guanidine groups is 1. The van der Waals surface area contributed by atoms with Gasteiger partial charge >= 0.3 is 6.18 Å². The summed E-state index contributed by atoms with van der Waals surface area (Å²) in [6, 6.07) is 6.70. The van der Waals surface area contributed by atoms with E-state index in [2.05, 4.69) is 15.2 Å². The van der Waals surface area contributed by atoms with Gasteiger partial charge in [-0.1, -0.05) is 18.2 Å². The third-order valence-corrected chi connectivity index (χ3v) is 4.67. The molecular formula is C20H30F3N3O2. The van der Waals surface area contributed by atoms with Gasteiger partial charge in [0, 0.05) is 38.9 Å². The maximum Gasteiger partial charge on any atom is 0.422 e. The number of halogens is 3. The summed E-state index contributed by atoms with van der Waals surface area (Å²) in [6.07, 6.45) is -1.12. The molecule has 0 unspecified atom stereocenters. The van der Waals surface area contributed by atoms with Crippen LogP contribution < -0.4 is 10.1 Å². The second-order valence-corrected chi connectivity index (χ2v) is 6.95. The van der Waals surface area contributed by atoms with Gasteiger partial charge < -0.3 is 19.7 Å². The van der Waals surface area contributed by atoms with E-state index in [-0.39, 0.29) is 12.3 Å². The molecular weight excluding hydrogens is 371 g/mol. The van der Waals surface area contributed by atoms with E-state index in [9.17, 15) is 13.2 Å². The van der Waals surface area contributed by atoms with Gasteiger partial charge in [-0.25, -0.2) is 4.99 Å². The molecule has 0 spiro atoms. The molecule has 0 amide bonds. The SMILES string of the molecule is CCNC(=NCc1ccccc1OCC(F)(F)F)N(C)CCC1CCOCC1. The van der Waals surface area contributed by atoms with Crippen LogP contribution in [-0.2, 0) is 11.3 Å². The van der Waals surface area contributed by atoms with Crippen molar-refractivity contribution in [3.63, 3.8) is 0 Å². The zero-order chi connectivity index (χ0) is 20.4. The fourth-order valence-electron chi connectivity index (χ4n) is 3.08. The Labute approximate surface area is 164 Å². The van der Waals surface area contributed by atoms with Gasteiger partial charge in [-0.2, -0.15) is 13.2 Å². The zero-order valence-corrected chi connectivity index (χ0v) is 16.6. The van der Waals surface area contributed by atoms with E-state index < -0.39 is 12.8 Å². The van der Waals surface area contributed by atoms with Gasteiger partial charge in [-0.15, -0.1) is 0 Å². The van der Waals surface area contributed by atoms with Crippen molar-refractivity contribution in [3.05, 3.63) is 29.8 Å². The highest BCUT2D eigenvalue weighted by Gasteiger charge is 2.28. The molecule has 1 aliphatic rings. The summed E-state index contributed by atoms with van der Waals surface area (Å²) in [6.45, 7) is 4.17. The van der Waals surface area contributed by atoms with Gasteiger partial charge in [0.05, 0.1) is 6.54 Å². The molecule has 0 saturated carbocycles. The summed E-state index contributed by atoms with van der Waals surface area (Å²) >= 11 is 0. The van der Waals surface area contributed by atoms with Crippen LogP contribution in [0.25, 0.3) is 0 Å². The molecule has 0 aromatic heterocycles. The number of para-hydroxylation sites is 1. The Kier molecular flexibility index (Phi) is 8.89. The lowest BCUT2D eigenvalue weighted by molar-refractivity contribution is -0.153. The topological polar surface area (TPSA) is 46.1 Å². The molecule has 1 N–H and O–H groups in total.